The highest BCUT2D eigenvalue weighted by Crippen LogP contribution is 2.49. The number of unbranched alkanes of at least 4 members (excludes halogenated alkanes) is 2. The first-order valence-corrected chi connectivity index (χ1v) is 11.4. The fourth-order valence-electron chi connectivity index (χ4n) is 5.61. The predicted molar refractivity (Wildman–Crippen MR) is 110 cm³/mol. The van der Waals surface area contributed by atoms with E-state index in [0.29, 0.717) is 17.6 Å². The molecule has 3 aliphatic rings. The Hall–Kier alpha value is -2.08. The van der Waals surface area contributed by atoms with Crippen LogP contribution in [-0.4, -0.2) is 36.0 Å². The van der Waals surface area contributed by atoms with Gasteiger partial charge in [-0.05, 0) is 73.5 Å². The Balaban J connectivity index is 1.54. The van der Waals surface area contributed by atoms with E-state index in [0.717, 1.165) is 63.4 Å². The fourth-order valence-corrected chi connectivity index (χ4v) is 5.61. The Bertz CT molecular complexity index is 775. The van der Waals surface area contributed by atoms with E-state index in [1.807, 2.05) is 6.07 Å². The second-order valence-electron chi connectivity index (χ2n) is 9.02. The summed E-state index contributed by atoms with van der Waals surface area (Å²) in [6.45, 7) is 1.72. The maximum Gasteiger partial charge on any atom is 0.514 e. The van der Waals surface area contributed by atoms with E-state index in [4.69, 9.17) is 14.2 Å². The molecule has 1 aliphatic heterocycles. The van der Waals surface area contributed by atoms with Crippen molar-refractivity contribution in [3.63, 3.8) is 0 Å². The number of esters is 1. The zero-order valence-electron chi connectivity index (χ0n) is 17.7. The lowest BCUT2D eigenvalue weighted by atomic mass is 9.73. The molecule has 6 heteroatoms. The van der Waals surface area contributed by atoms with Gasteiger partial charge in [-0.2, -0.15) is 0 Å². The highest BCUT2D eigenvalue weighted by molar-refractivity contribution is 5.75. The molecule has 1 aromatic carbocycles. The maximum atomic E-state index is 12.3. The Labute approximate surface area is 177 Å². The van der Waals surface area contributed by atoms with E-state index in [-0.39, 0.29) is 18.1 Å². The first-order valence-electron chi connectivity index (χ1n) is 11.4. The summed E-state index contributed by atoms with van der Waals surface area (Å²) in [5.41, 5.74) is 2.27. The summed E-state index contributed by atoms with van der Waals surface area (Å²) in [7, 11) is 0. The van der Waals surface area contributed by atoms with Crippen molar-refractivity contribution in [1.29, 1.82) is 0 Å². The van der Waals surface area contributed by atoms with Gasteiger partial charge >= 0.3 is 12.1 Å². The summed E-state index contributed by atoms with van der Waals surface area (Å²) in [6.07, 6.45) is 6.90. The minimum Gasteiger partial charge on any atom is -0.460 e. The van der Waals surface area contributed by atoms with Crippen LogP contribution < -0.4 is 4.74 Å². The highest BCUT2D eigenvalue weighted by atomic mass is 16.7. The minimum atomic E-state index is -0.873. The van der Waals surface area contributed by atoms with Gasteiger partial charge in [-0.25, -0.2) is 9.59 Å². The minimum absolute atomic E-state index is 0.188. The number of carbonyl (C=O) groups is 2. The van der Waals surface area contributed by atoms with Gasteiger partial charge in [0.1, 0.15) is 11.9 Å². The molecule has 164 valence electrons. The fraction of sp³-hybridized carbons (Fsp3) is 0.667. The van der Waals surface area contributed by atoms with E-state index >= 15 is 0 Å². The van der Waals surface area contributed by atoms with Crippen LogP contribution >= 0.6 is 0 Å². The first kappa shape index (κ1) is 21.2. The Kier molecular flexibility index (Phi) is 6.61. The van der Waals surface area contributed by atoms with Gasteiger partial charge in [0.15, 0.2) is 6.61 Å². The molecule has 0 aromatic heterocycles. The molecule has 0 spiro atoms. The molecule has 1 heterocycles. The average Bonchev–Trinajstić information content (AvgIpc) is 3.05. The van der Waals surface area contributed by atoms with Crippen molar-refractivity contribution in [3.05, 3.63) is 29.3 Å². The lowest BCUT2D eigenvalue weighted by Gasteiger charge is -2.32. The lowest BCUT2D eigenvalue weighted by molar-refractivity contribution is -0.155. The zero-order chi connectivity index (χ0) is 21.1. The van der Waals surface area contributed by atoms with E-state index in [1.54, 1.807) is 6.07 Å². The van der Waals surface area contributed by atoms with Crippen LogP contribution in [-0.2, 0) is 27.1 Å². The van der Waals surface area contributed by atoms with Crippen LogP contribution in [0.4, 0.5) is 4.79 Å². The third-order valence-electron chi connectivity index (χ3n) is 7.08. The number of benzene rings is 1. The molecule has 6 nitrogen and oxygen atoms in total. The van der Waals surface area contributed by atoms with Crippen LogP contribution in [0.25, 0.3) is 0 Å². The van der Waals surface area contributed by atoms with Gasteiger partial charge in [0.25, 0.3) is 0 Å². The standard InChI is InChI=1S/C24H32O6/c1-2-3-4-7-17(25)9-10-18-19-11-15-6-5-8-21-20(15)12-16(19)13-22(18)29-23(26)14-28-24(27)30-21/h5-6,8,16-19,22,25H,2-4,7,9-14H2,1H3/t16-,17-,18+,19-,22+/m0/s1. The second kappa shape index (κ2) is 9.38. The molecule has 4 rings (SSSR count). The summed E-state index contributed by atoms with van der Waals surface area (Å²) in [5, 5.41) is 10.4. The number of rotatable bonds is 7. The molecule has 0 amide bonds. The van der Waals surface area contributed by atoms with Crippen LogP contribution in [0.2, 0.25) is 0 Å². The molecule has 0 radical (unpaired) electrons. The zero-order valence-corrected chi connectivity index (χ0v) is 17.7. The number of hydrogen-bond acceptors (Lipinski definition) is 6. The normalized spacial score (nSPS) is 28.7. The topological polar surface area (TPSA) is 82.1 Å². The molecular weight excluding hydrogens is 384 g/mol. The molecule has 1 saturated carbocycles. The predicted octanol–water partition coefficient (Wildman–Crippen LogP) is 4.20. The van der Waals surface area contributed by atoms with Crippen molar-refractivity contribution in [2.24, 2.45) is 17.8 Å². The number of aliphatic hydroxyl groups excluding tert-OH is 1. The van der Waals surface area contributed by atoms with E-state index < -0.39 is 18.7 Å². The van der Waals surface area contributed by atoms with Crippen molar-refractivity contribution in [1.82, 2.24) is 0 Å². The lowest BCUT2D eigenvalue weighted by Crippen LogP contribution is -2.30. The van der Waals surface area contributed by atoms with Crippen LogP contribution in [0.15, 0.2) is 18.2 Å². The van der Waals surface area contributed by atoms with Gasteiger partial charge in [-0.15, -0.1) is 0 Å². The van der Waals surface area contributed by atoms with Gasteiger partial charge in [-0.1, -0.05) is 38.3 Å². The Morgan fingerprint density at radius 3 is 2.87 bits per heavy atom. The summed E-state index contributed by atoms with van der Waals surface area (Å²) in [6, 6.07) is 5.79. The molecule has 3 bridgehead atoms. The van der Waals surface area contributed by atoms with E-state index in [1.165, 1.54) is 5.56 Å². The average molecular weight is 417 g/mol. The first-order chi connectivity index (χ1) is 14.5. The summed E-state index contributed by atoms with van der Waals surface area (Å²) < 4.78 is 16.1. The highest BCUT2D eigenvalue weighted by Gasteiger charge is 2.47. The third-order valence-corrected chi connectivity index (χ3v) is 7.08. The van der Waals surface area contributed by atoms with Gasteiger partial charge in [0, 0.05) is 0 Å². The Morgan fingerprint density at radius 2 is 2.03 bits per heavy atom. The number of fused-ring (bicyclic) bond motifs is 1. The van der Waals surface area contributed by atoms with Crippen molar-refractivity contribution >= 4 is 12.1 Å². The summed E-state index contributed by atoms with van der Waals surface area (Å²) in [5.74, 6) is 1.02. The van der Waals surface area contributed by atoms with Crippen molar-refractivity contribution in [2.45, 2.75) is 76.9 Å². The maximum absolute atomic E-state index is 12.3. The molecule has 0 saturated heterocycles. The molecule has 1 N–H and O–H groups in total. The molecule has 30 heavy (non-hydrogen) atoms. The van der Waals surface area contributed by atoms with Crippen LogP contribution in [0.3, 0.4) is 0 Å². The smallest absolute Gasteiger partial charge is 0.460 e. The van der Waals surface area contributed by atoms with Gasteiger partial charge in [-0.3, -0.25) is 0 Å². The largest absolute Gasteiger partial charge is 0.514 e. The van der Waals surface area contributed by atoms with Crippen molar-refractivity contribution in [3.8, 4) is 5.75 Å². The van der Waals surface area contributed by atoms with Crippen LogP contribution in [0, 0.1) is 17.8 Å². The van der Waals surface area contributed by atoms with Crippen molar-refractivity contribution < 1.29 is 28.9 Å². The Morgan fingerprint density at radius 1 is 1.17 bits per heavy atom. The summed E-state index contributed by atoms with van der Waals surface area (Å²) in [4.78, 5) is 24.3. The number of aliphatic hydroxyl groups is 1. The number of carbonyl (C=O) groups excluding carboxylic acids is 2. The molecule has 1 aromatic rings. The molecule has 2 aliphatic carbocycles. The van der Waals surface area contributed by atoms with Gasteiger partial charge < -0.3 is 19.3 Å². The third kappa shape index (κ3) is 4.64. The quantitative estimate of drug-likeness (QED) is 0.408. The van der Waals surface area contributed by atoms with Crippen LogP contribution in [0.1, 0.15) is 63.0 Å². The van der Waals surface area contributed by atoms with Crippen LogP contribution in [0.5, 0.6) is 5.75 Å². The van der Waals surface area contributed by atoms with E-state index in [2.05, 4.69) is 13.0 Å². The SMILES string of the molecule is CCCCC[C@H](O)CC[C@@H]1[C@H]2Cc3cccc4c3C[C@H]2C[C@H]1OC(=O)COC(=O)O4. The molecular formula is C24H32O6. The van der Waals surface area contributed by atoms with Crippen molar-refractivity contribution in [2.75, 3.05) is 6.61 Å². The monoisotopic (exact) mass is 416 g/mol. The van der Waals surface area contributed by atoms with Gasteiger partial charge in [0.05, 0.1) is 6.10 Å². The number of ether oxygens (including phenoxy) is 3. The molecule has 5 atom stereocenters. The second-order valence-corrected chi connectivity index (χ2v) is 9.02. The number of cyclic esters (lactones) is 1. The summed E-state index contributed by atoms with van der Waals surface area (Å²) >= 11 is 0. The number of hydrogen-bond donors (Lipinski definition) is 1. The van der Waals surface area contributed by atoms with E-state index in [9.17, 15) is 14.7 Å². The van der Waals surface area contributed by atoms with Gasteiger partial charge in [0.2, 0.25) is 0 Å². The molecule has 1 fully saturated rings. The molecule has 0 unspecified atom stereocenters.